The Balaban J connectivity index is 1.26. The van der Waals surface area contributed by atoms with E-state index >= 15 is 0 Å². The van der Waals surface area contributed by atoms with Crippen LogP contribution in [0.4, 0.5) is 10.1 Å². The molecule has 0 aromatic heterocycles. The van der Waals surface area contributed by atoms with Gasteiger partial charge in [0, 0.05) is 44.3 Å². The van der Waals surface area contributed by atoms with E-state index in [1.807, 2.05) is 0 Å². The van der Waals surface area contributed by atoms with Crippen LogP contribution in [0.15, 0.2) is 53.4 Å². The van der Waals surface area contributed by atoms with Crippen molar-refractivity contribution in [3.63, 3.8) is 0 Å². The summed E-state index contributed by atoms with van der Waals surface area (Å²) in [6.07, 6.45) is 3.46. The molecule has 1 N–H and O–H groups in total. The molecule has 8 heteroatoms. The third-order valence-electron chi connectivity index (χ3n) is 6.70. The molecule has 0 radical (unpaired) electrons. The zero-order valence-corrected chi connectivity index (χ0v) is 19.9. The van der Waals surface area contributed by atoms with Crippen molar-refractivity contribution in [3.8, 4) is 0 Å². The maximum atomic E-state index is 13.1. The number of halogens is 1. The van der Waals surface area contributed by atoms with E-state index in [4.69, 9.17) is 0 Å². The first-order chi connectivity index (χ1) is 15.8. The Labute approximate surface area is 195 Å². The maximum absolute atomic E-state index is 13.1. The SMILES string of the molecule is C[C@H]1CCCN(c2ccc(CNC(=O)C3CCN(S(=O)(=O)c4ccc(F)cc4)CC3)cc2)C1. The molecular formula is C25H32FN3O3S. The van der Waals surface area contributed by atoms with Gasteiger partial charge in [-0.1, -0.05) is 19.1 Å². The first-order valence-electron chi connectivity index (χ1n) is 11.7. The number of anilines is 1. The Morgan fingerprint density at radius 1 is 1.00 bits per heavy atom. The molecule has 2 saturated heterocycles. The van der Waals surface area contributed by atoms with Crippen molar-refractivity contribution in [2.24, 2.45) is 11.8 Å². The van der Waals surface area contributed by atoms with Crippen molar-refractivity contribution in [2.75, 3.05) is 31.1 Å². The van der Waals surface area contributed by atoms with Crippen LogP contribution in [0.2, 0.25) is 0 Å². The number of carbonyl (C=O) groups is 1. The van der Waals surface area contributed by atoms with Gasteiger partial charge in [-0.25, -0.2) is 12.8 Å². The fourth-order valence-corrected chi connectivity index (χ4v) is 6.17. The molecule has 2 aromatic rings. The van der Waals surface area contributed by atoms with E-state index < -0.39 is 15.8 Å². The number of hydrogen-bond donors (Lipinski definition) is 1. The number of nitrogens with zero attached hydrogens (tertiary/aromatic N) is 2. The number of benzene rings is 2. The van der Waals surface area contributed by atoms with E-state index in [-0.39, 0.29) is 29.8 Å². The number of nitrogens with one attached hydrogen (secondary N) is 1. The lowest BCUT2D eigenvalue weighted by Crippen LogP contribution is -2.42. The van der Waals surface area contributed by atoms with Crippen molar-refractivity contribution >= 4 is 21.6 Å². The second-order valence-electron chi connectivity index (χ2n) is 9.21. The third kappa shape index (κ3) is 5.73. The number of rotatable bonds is 6. The molecule has 1 amide bonds. The fourth-order valence-electron chi connectivity index (χ4n) is 4.70. The summed E-state index contributed by atoms with van der Waals surface area (Å²) < 4.78 is 40.0. The quantitative estimate of drug-likeness (QED) is 0.693. The van der Waals surface area contributed by atoms with Crippen LogP contribution in [0.3, 0.4) is 0 Å². The molecule has 2 aliphatic rings. The predicted molar refractivity (Wildman–Crippen MR) is 127 cm³/mol. The molecule has 0 bridgehead atoms. The first-order valence-corrected chi connectivity index (χ1v) is 13.1. The zero-order chi connectivity index (χ0) is 23.4. The molecule has 2 aliphatic heterocycles. The van der Waals surface area contributed by atoms with Crippen LogP contribution < -0.4 is 10.2 Å². The van der Waals surface area contributed by atoms with Gasteiger partial charge in [0.2, 0.25) is 15.9 Å². The smallest absolute Gasteiger partial charge is 0.243 e. The van der Waals surface area contributed by atoms with E-state index in [0.717, 1.165) is 36.7 Å². The molecular weight excluding hydrogens is 441 g/mol. The lowest BCUT2D eigenvalue weighted by Gasteiger charge is -2.33. The first kappa shape index (κ1) is 23.7. The van der Waals surface area contributed by atoms with Crippen LogP contribution in [0, 0.1) is 17.7 Å². The fraction of sp³-hybridized carbons (Fsp3) is 0.480. The highest BCUT2D eigenvalue weighted by molar-refractivity contribution is 7.89. The molecule has 33 heavy (non-hydrogen) atoms. The van der Waals surface area contributed by atoms with Crippen LogP contribution in [0.25, 0.3) is 0 Å². The van der Waals surface area contributed by atoms with Gasteiger partial charge in [0.25, 0.3) is 0 Å². The number of sulfonamides is 1. The largest absolute Gasteiger partial charge is 0.371 e. The number of piperidine rings is 2. The van der Waals surface area contributed by atoms with E-state index in [1.54, 1.807) is 0 Å². The average molecular weight is 474 g/mol. The van der Waals surface area contributed by atoms with Crippen LogP contribution in [-0.4, -0.2) is 44.8 Å². The Morgan fingerprint density at radius 2 is 1.67 bits per heavy atom. The summed E-state index contributed by atoms with van der Waals surface area (Å²) in [5, 5.41) is 3.00. The van der Waals surface area contributed by atoms with Crippen molar-refractivity contribution in [1.82, 2.24) is 9.62 Å². The second-order valence-corrected chi connectivity index (χ2v) is 11.1. The molecule has 0 unspecified atom stereocenters. The van der Waals surface area contributed by atoms with Gasteiger partial charge in [-0.15, -0.1) is 0 Å². The van der Waals surface area contributed by atoms with Crippen LogP contribution in [0.5, 0.6) is 0 Å². The summed E-state index contributed by atoms with van der Waals surface area (Å²) in [5.74, 6) is -0.00332. The number of amides is 1. The highest BCUT2D eigenvalue weighted by Crippen LogP contribution is 2.25. The summed E-state index contributed by atoms with van der Waals surface area (Å²) in [4.78, 5) is 15.2. The van der Waals surface area contributed by atoms with Crippen molar-refractivity contribution in [1.29, 1.82) is 0 Å². The van der Waals surface area contributed by atoms with Crippen molar-refractivity contribution < 1.29 is 17.6 Å². The third-order valence-corrected chi connectivity index (χ3v) is 8.61. The Hall–Kier alpha value is -2.45. The Bertz CT molecular complexity index is 1050. The Kier molecular flexibility index (Phi) is 7.34. The average Bonchev–Trinajstić information content (AvgIpc) is 2.83. The predicted octanol–water partition coefficient (Wildman–Crippen LogP) is 3.78. The highest BCUT2D eigenvalue weighted by Gasteiger charge is 2.32. The van der Waals surface area contributed by atoms with Gasteiger partial charge >= 0.3 is 0 Å². The molecule has 4 rings (SSSR count). The van der Waals surface area contributed by atoms with Crippen LogP contribution in [0.1, 0.15) is 38.2 Å². The van der Waals surface area contributed by atoms with E-state index in [0.29, 0.717) is 19.4 Å². The highest BCUT2D eigenvalue weighted by atomic mass is 32.2. The topological polar surface area (TPSA) is 69.7 Å². The van der Waals surface area contributed by atoms with Gasteiger partial charge in [-0.2, -0.15) is 4.31 Å². The van der Waals surface area contributed by atoms with Gasteiger partial charge in [-0.3, -0.25) is 4.79 Å². The molecule has 2 heterocycles. The lowest BCUT2D eigenvalue weighted by atomic mass is 9.97. The summed E-state index contributed by atoms with van der Waals surface area (Å²) in [7, 11) is -3.67. The molecule has 2 fully saturated rings. The second kappa shape index (κ2) is 10.2. The molecule has 0 spiro atoms. The van der Waals surface area contributed by atoms with Gasteiger partial charge in [-0.05, 0) is 73.6 Å². The van der Waals surface area contributed by atoms with Crippen molar-refractivity contribution in [3.05, 3.63) is 59.9 Å². The van der Waals surface area contributed by atoms with Gasteiger partial charge in [0.1, 0.15) is 5.82 Å². The minimum Gasteiger partial charge on any atom is -0.371 e. The zero-order valence-electron chi connectivity index (χ0n) is 19.0. The summed E-state index contributed by atoms with van der Waals surface area (Å²) >= 11 is 0. The van der Waals surface area contributed by atoms with Crippen LogP contribution in [-0.2, 0) is 21.4 Å². The van der Waals surface area contributed by atoms with E-state index in [1.165, 1.54) is 35.0 Å². The molecule has 2 aromatic carbocycles. The van der Waals surface area contributed by atoms with Gasteiger partial charge < -0.3 is 10.2 Å². The molecule has 6 nitrogen and oxygen atoms in total. The molecule has 178 valence electrons. The van der Waals surface area contributed by atoms with Gasteiger partial charge in [0.05, 0.1) is 4.90 Å². The van der Waals surface area contributed by atoms with E-state index in [9.17, 15) is 17.6 Å². The standard InChI is InChI=1S/C25H32FN3O3S/c1-19-3-2-14-28(18-19)23-8-4-20(5-9-23)17-27-25(30)21-12-15-29(16-13-21)33(31,32)24-10-6-22(26)7-11-24/h4-11,19,21H,2-3,12-18H2,1H3,(H,27,30)/t19-/m0/s1. The maximum Gasteiger partial charge on any atom is 0.243 e. The molecule has 1 atom stereocenters. The van der Waals surface area contributed by atoms with Gasteiger partial charge in [0.15, 0.2) is 0 Å². The molecule has 0 saturated carbocycles. The number of hydrogen-bond acceptors (Lipinski definition) is 4. The Morgan fingerprint density at radius 3 is 2.30 bits per heavy atom. The van der Waals surface area contributed by atoms with Crippen molar-refractivity contribution in [2.45, 2.75) is 44.0 Å². The summed E-state index contributed by atoms with van der Waals surface area (Å²) in [6, 6.07) is 13.2. The monoisotopic (exact) mass is 473 g/mol. The molecule has 0 aliphatic carbocycles. The minimum absolute atomic E-state index is 0.0391. The minimum atomic E-state index is -3.67. The lowest BCUT2D eigenvalue weighted by molar-refractivity contribution is -0.126. The summed E-state index contributed by atoms with van der Waals surface area (Å²) in [5.41, 5.74) is 2.28. The van der Waals surface area contributed by atoms with E-state index in [2.05, 4.69) is 41.4 Å². The van der Waals surface area contributed by atoms with Crippen LogP contribution >= 0.6 is 0 Å². The number of carbonyl (C=O) groups excluding carboxylic acids is 1. The normalized spacial score (nSPS) is 20.5. The summed E-state index contributed by atoms with van der Waals surface area (Å²) in [6.45, 7) is 5.49.